The first kappa shape index (κ1) is 24.9. The SMILES string of the molecule is CCOC(=O)C[C@@H]1CCc2cc(OCCCOc3ccc(-c4nc(C)c(C(C)=O)s4)cc3)ccc21. The molecule has 1 aromatic heterocycles. The Kier molecular flexibility index (Phi) is 8.18. The molecule has 35 heavy (non-hydrogen) atoms. The molecule has 0 fully saturated rings. The second-order valence-electron chi connectivity index (χ2n) is 8.67. The van der Waals surface area contributed by atoms with Gasteiger partial charge < -0.3 is 14.2 Å². The van der Waals surface area contributed by atoms with Gasteiger partial charge >= 0.3 is 5.97 Å². The first-order valence-electron chi connectivity index (χ1n) is 12.1. The molecular weight excluding hydrogens is 462 g/mol. The number of thiazole rings is 1. The number of carbonyl (C=O) groups is 2. The quantitative estimate of drug-likeness (QED) is 0.181. The molecule has 0 amide bonds. The molecule has 0 bridgehead atoms. The minimum Gasteiger partial charge on any atom is -0.493 e. The standard InChI is InChI=1S/C28H31NO5S/c1-4-32-26(31)17-22-7-6-21-16-24(12-13-25(21)22)34-15-5-14-33-23-10-8-20(9-11-23)28-29-18(2)27(35-28)19(3)30/h8-13,16,22H,4-7,14-15,17H2,1-3H3/t22-/m0/s1. The number of nitrogens with zero attached hydrogens (tertiary/aromatic N) is 1. The van der Waals surface area contributed by atoms with E-state index in [1.807, 2.05) is 44.2 Å². The second-order valence-corrected chi connectivity index (χ2v) is 9.67. The summed E-state index contributed by atoms with van der Waals surface area (Å²) < 4.78 is 16.9. The lowest BCUT2D eigenvalue weighted by atomic mass is 9.98. The van der Waals surface area contributed by atoms with Crippen molar-refractivity contribution in [2.75, 3.05) is 19.8 Å². The molecule has 0 N–H and O–H groups in total. The number of esters is 1. The van der Waals surface area contributed by atoms with Gasteiger partial charge in [0.15, 0.2) is 5.78 Å². The molecule has 1 heterocycles. The van der Waals surface area contributed by atoms with E-state index in [1.54, 1.807) is 6.92 Å². The molecule has 6 nitrogen and oxygen atoms in total. The molecule has 0 saturated heterocycles. The molecule has 0 saturated carbocycles. The normalized spacial score (nSPS) is 14.4. The van der Waals surface area contributed by atoms with E-state index < -0.39 is 0 Å². The van der Waals surface area contributed by atoms with Crippen molar-refractivity contribution < 1.29 is 23.8 Å². The number of hydrogen-bond donors (Lipinski definition) is 0. The summed E-state index contributed by atoms with van der Waals surface area (Å²) in [6.45, 7) is 6.81. The van der Waals surface area contributed by atoms with Gasteiger partial charge in [0, 0.05) is 18.9 Å². The third kappa shape index (κ3) is 6.28. The summed E-state index contributed by atoms with van der Waals surface area (Å²) >= 11 is 1.42. The molecule has 1 aliphatic rings. The van der Waals surface area contributed by atoms with Crippen LogP contribution in [0.5, 0.6) is 11.5 Å². The summed E-state index contributed by atoms with van der Waals surface area (Å²) in [6, 6.07) is 13.9. The number of fused-ring (bicyclic) bond motifs is 1. The van der Waals surface area contributed by atoms with E-state index in [1.165, 1.54) is 22.5 Å². The third-order valence-corrected chi connectivity index (χ3v) is 7.39. The van der Waals surface area contributed by atoms with Crippen LogP contribution in [0.2, 0.25) is 0 Å². The number of Topliss-reactive ketones (excluding diaryl/α,β-unsaturated/α-hetero) is 1. The molecule has 0 spiro atoms. The fraction of sp³-hybridized carbons (Fsp3) is 0.393. The van der Waals surface area contributed by atoms with Crippen molar-refractivity contribution >= 4 is 23.1 Å². The predicted octanol–water partition coefficient (Wildman–Crippen LogP) is 6.15. The van der Waals surface area contributed by atoms with Crippen LogP contribution in [0.4, 0.5) is 0 Å². The largest absolute Gasteiger partial charge is 0.493 e. The Balaban J connectivity index is 1.21. The van der Waals surface area contributed by atoms with Crippen LogP contribution in [0.3, 0.4) is 0 Å². The van der Waals surface area contributed by atoms with Crippen molar-refractivity contribution in [2.24, 2.45) is 0 Å². The van der Waals surface area contributed by atoms with Crippen molar-refractivity contribution in [3.05, 3.63) is 64.2 Å². The maximum absolute atomic E-state index is 11.8. The predicted molar refractivity (Wildman–Crippen MR) is 137 cm³/mol. The summed E-state index contributed by atoms with van der Waals surface area (Å²) in [4.78, 5) is 28.7. The Bertz CT molecular complexity index is 1180. The summed E-state index contributed by atoms with van der Waals surface area (Å²) in [7, 11) is 0. The van der Waals surface area contributed by atoms with Gasteiger partial charge in [0.2, 0.25) is 0 Å². The lowest BCUT2D eigenvalue weighted by molar-refractivity contribution is -0.143. The number of aromatic nitrogens is 1. The van der Waals surface area contributed by atoms with E-state index in [9.17, 15) is 9.59 Å². The zero-order valence-electron chi connectivity index (χ0n) is 20.5. The molecule has 184 valence electrons. The van der Waals surface area contributed by atoms with Crippen LogP contribution in [0.15, 0.2) is 42.5 Å². The van der Waals surface area contributed by atoms with E-state index in [0.29, 0.717) is 31.1 Å². The van der Waals surface area contributed by atoms with Crippen molar-refractivity contribution in [3.63, 3.8) is 0 Å². The summed E-state index contributed by atoms with van der Waals surface area (Å²) in [6.07, 6.45) is 3.15. The van der Waals surface area contributed by atoms with Crippen LogP contribution in [-0.4, -0.2) is 36.6 Å². The average molecular weight is 494 g/mol. The average Bonchev–Trinajstić information content (AvgIpc) is 3.42. The molecule has 2 aromatic carbocycles. The molecule has 7 heteroatoms. The van der Waals surface area contributed by atoms with Crippen LogP contribution in [0.1, 0.15) is 65.5 Å². The zero-order chi connectivity index (χ0) is 24.8. The van der Waals surface area contributed by atoms with Crippen molar-refractivity contribution in [3.8, 4) is 22.1 Å². The van der Waals surface area contributed by atoms with Gasteiger partial charge in [0.05, 0.1) is 36.8 Å². The van der Waals surface area contributed by atoms with Gasteiger partial charge in [0.25, 0.3) is 0 Å². The minimum absolute atomic E-state index is 0.0477. The fourth-order valence-electron chi connectivity index (χ4n) is 4.38. The summed E-state index contributed by atoms with van der Waals surface area (Å²) in [5.41, 5.74) is 4.25. The first-order valence-corrected chi connectivity index (χ1v) is 12.9. The Morgan fingerprint density at radius 2 is 1.77 bits per heavy atom. The molecule has 0 aliphatic heterocycles. The van der Waals surface area contributed by atoms with Crippen molar-refractivity contribution in [1.29, 1.82) is 0 Å². The van der Waals surface area contributed by atoms with Crippen LogP contribution < -0.4 is 9.47 Å². The van der Waals surface area contributed by atoms with Gasteiger partial charge in [-0.05, 0) is 80.1 Å². The van der Waals surface area contributed by atoms with E-state index in [-0.39, 0.29) is 17.7 Å². The highest BCUT2D eigenvalue weighted by Crippen LogP contribution is 2.37. The Hall–Kier alpha value is -3.19. The molecule has 3 aromatic rings. The number of benzene rings is 2. The summed E-state index contributed by atoms with van der Waals surface area (Å²) in [5.74, 6) is 1.81. The van der Waals surface area contributed by atoms with E-state index in [4.69, 9.17) is 14.2 Å². The van der Waals surface area contributed by atoms with Crippen molar-refractivity contribution in [1.82, 2.24) is 4.98 Å². The van der Waals surface area contributed by atoms with Gasteiger partial charge in [-0.3, -0.25) is 9.59 Å². The van der Waals surface area contributed by atoms with Crippen molar-refractivity contribution in [2.45, 2.75) is 52.4 Å². The Labute approximate surface area is 210 Å². The molecule has 0 unspecified atom stereocenters. The lowest BCUT2D eigenvalue weighted by Gasteiger charge is -2.12. The smallest absolute Gasteiger partial charge is 0.306 e. The zero-order valence-corrected chi connectivity index (χ0v) is 21.3. The lowest BCUT2D eigenvalue weighted by Crippen LogP contribution is -2.08. The monoisotopic (exact) mass is 493 g/mol. The number of ether oxygens (including phenoxy) is 3. The minimum atomic E-state index is -0.124. The third-order valence-electron chi connectivity index (χ3n) is 6.08. The molecule has 1 atom stereocenters. The van der Waals surface area contributed by atoms with Crippen LogP contribution in [0, 0.1) is 6.92 Å². The van der Waals surface area contributed by atoms with Crippen LogP contribution in [-0.2, 0) is 16.0 Å². The topological polar surface area (TPSA) is 74.7 Å². The van der Waals surface area contributed by atoms with Crippen LogP contribution >= 0.6 is 11.3 Å². The number of hydrogen-bond acceptors (Lipinski definition) is 7. The van der Waals surface area contributed by atoms with Gasteiger partial charge in [-0.15, -0.1) is 11.3 Å². The van der Waals surface area contributed by atoms with Gasteiger partial charge in [0.1, 0.15) is 16.5 Å². The van der Waals surface area contributed by atoms with Gasteiger partial charge in [-0.25, -0.2) is 4.98 Å². The second kappa shape index (κ2) is 11.5. The Morgan fingerprint density at radius 1 is 1.06 bits per heavy atom. The first-order chi connectivity index (χ1) is 16.9. The maximum atomic E-state index is 11.8. The fourth-order valence-corrected chi connectivity index (χ4v) is 5.35. The van der Waals surface area contributed by atoms with Gasteiger partial charge in [-0.2, -0.15) is 0 Å². The van der Waals surface area contributed by atoms with E-state index in [2.05, 4.69) is 17.1 Å². The maximum Gasteiger partial charge on any atom is 0.306 e. The molecule has 0 radical (unpaired) electrons. The highest BCUT2D eigenvalue weighted by atomic mass is 32.1. The van der Waals surface area contributed by atoms with E-state index in [0.717, 1.165) is 47.0 Å². The molecule has 4 rings (SSSR count). The number of aryl methyl sites for hydroxylation is 2. The number of carbonyl (C=O) groups excluding carboxylic acids is 2. The van der Waals surface area contributed by atoms with E-state index >= 15 is 0 Å². The highest BCUT2D eigenvalue weighted by molar-refractivity contribution is 7.17. The number of rotatable bonds is 11. The molecular formula is C28H31NO5S. The van der Waals surface area contributed by atoms with Gasteiger partial charge in [-0.1, -0.05) is 6.07 Å². The number of ketones is 1. The molecule has 1 aliphatic carbocycles. The van der Waals surface area contributed by atoms with Crippen LogP contribution in [0.25, 0.3) is 10.6 Å². The highest BCUT2D eigenvalue weighted by Gasteiger charge is 2.25. The Morgan fingerprint density at radius 3 is 2.46 bits per heavy atom. The summed E-state index contributed by atoms with van der Waals surface area (Å²) in [5, 5.41) is 0.842.